The van der Waals surface area contributed by atoms with E-state index in [4.69, 9.17) is 9.15 Å². The van der Waals surface area contributed by atoms with E-state index in [9.17, 15) is 4.79 Å². The van der Waals surface area contributed by atoms with E-state index >= 15 is 0 Å². The highest BCUT2D eigenvalue weighted by Gasteiger charge is 2.17. The fourth-order valence-electron chi connectivity index (χ4n) is 2.42. The summed E-state index contributed by atoms with van der Waals surface area (Å²) in [4.78, 5) is 12.2. The molecule has 0 aliphatic heterocycles. The molecule has 5 heteroatoms. The molecular formula is C20H27NO3S. The number of ether oxygens (including phenoxy) is 1. The summed E-state index contributed by atoms with van der Waals surface area (Å²) in [6.45, 7) is 8.68. The monoisotopic (exact) mass is 361 g/mol. The molecule has 4 nitrogen and oxygen atoms in total. The third kappa shape index (κ3) is 6.16. The second-order valence-electron chi connectivity index (χ2n) is 6.38. The van der Waals surface area contributed by atoms with E-state index in [0.717, 1.165) is 34.1 Å². The number of furan rings is 1. The first-order valence-corrected chi connectivity index (χ1v) is 9.78. The lowest BCUT2D eigenvalue weighted by atomic mass is 10.0. The summed E-state index contributed by atoms with van der Waals surface area (Å²) in [5.41, 5.74) is 2.25. The van der Waals surface area contributed by atoms with Crippen LogP contribution in [0.5, 0.6) is 5.75 Å². The van der Waals surface area contributed by atoms with Gasteiger partial charge < -0.3 is 14.5 Å². The molecule has 0 bridgehead atoms. The van der Waals surface area contributed by atoms with E-state index in [1.54, 1.807) is 24.9 Å². The Morgan fingerprint density at radius 1 is 1.28 bits per heavy atom. The Hall–Kier alpha value is -1.88. The molecule has 0 radical (unpaired) electrons. The lowest BCUT2D eigenvalue weighted by Crippen LogP contribution is -2.37. The van der Waals surface area contributed by atoms with Crippen molar-refractivity contribution in [3.05, 3.63) is 53.5 Å². The van der Waals surface area contributed by atoms with E-state index in [2.05, 4.69) is 31.3 Å². The maximum Gasteiger partial charge on any atom is 0.260 e. The van der Waals surface area contributed by atoms with Crippen molar-refractivity contribution < 1.29 is 13.9 Å². The van der Waals surface area contributed by atoms with Gasteiger partial charge in [0, 0.05) is 12.3 Å². The van der Waals surface area contributed by atoms with E-state index < -0.39 is 6.10 Å². The smallest absolute Gasteiger partial charge is 0.260 e. The van der Waals surface area contributed by atoms with Gasteiger partial charge in [-0.3, -0.25) is 4.79 Å². The SMILES string of the molecule is Cc1ccc(C(C)C)c(O[C@@H](C)C(=O)NCCSCc2ccco2)c1. The minimum atomic E-state index is -0.519. The van der Waals surface area contributed by atoms with Crippen LogP contribution in [0.3, 0.4) is 0 Å². The van der Waals surface area contributed by atoms with Gasteiger partial charge in [0.05, 0.1) is 12.0 Å². The Balaban J connectivity index is 1.77. The van der Waals surface area contributed by atoms with Crippen molar-refractivity contribution in [1.82, 2.24) is 5.32 Å². The minimum Gasteiger partial charge on any atom is -0.481 e. The number of aryl methyl sites for hydroxylation is 1. The highest BCUT2D eigenvalue weighted by molar-refractivity contribution is 7.98. The number of nitrogens with one attached hydrogen (secondary N) is 1. The number of carbonyl (C=O) groups excluding carboxylic acids is 1. The highest BCUT2D eigenvalue weighted by atomic mass is 32.2. The van der Waals surface area contributed by atoms with Crippen molar-refractivity contribution in [2.45, 2.75) is 45.5 Å². The fourth-order valence-corrected chi connectivity index (χ4v) is 3.18. The van der Waals surface area contributed by atoms with Crippen LogP contribution in [0.25, 0.3) is 0 Å². The Kier molecular flexibility index (Phi) is 7.44. The molecule has 25 heavy (non-hydrogen) atoms. The normalized spacial score (nSPS) is 12.2. The average molecular weight is 362 g/mol. The molecule has 1 aromatic carbocycles. The fraction of sp³-hybridized carbons (Fsp3) is 0.450. The Morgan fingerprint density at radius 3 is 2.76 bits per heavy atom. The first-order valence-electron chi connectivity index (χ1n) is 8.62. The van der Waals surface area contributed by atoms with E-state index in [1.165, 1.54) is 0 Å². The molecule has 1 atom stereocenters. The van der Waals surface area contributed by atoms with Crippen LogP contribution in [0.15, 0.2) is 41.0 Å². The van der Waals surface area contributed by atoms with Gasteiger partial charge in [0.25, 0.3) is 5.91 Å². The van der Waals surface area contributed by atoms with Gasteiger partial charge in [-0.15, -0.1) is 0 Å². The van der Waals surface area contributed by atoms with Gasteiger partial charge in [0.1, 0.15) is 11.5 Å². The zero-order valence-corrected chi connectivity index (χ0v) is 16.2. The number of benzene rings is 1. The number of thioether (sulfide) groups is 1. The van der Waals surface area contributed by atoms with E-state index in [0.29, 0.717) is 12.5 Å². The summed E-state index contributed by atoms with van der Waals surface area (Å²) in [7, 11) is 0. The van der Waals surface area contributed by atoms with Crippen molar-refractivity contribution in [2.75, 3.05) is 12.3 Å². The van der Waals surface area contributed by atoms with Crippen LogP contribution in [-0.4, -0.2) is 24.3 Å². The number of rotatable bonds is 9. The third-order valence-corrected chi connectivity index (χ3v) is 4.82. The molecule has 136 valence electrons. The average Bonchev–Trinajstić information content (AvgIpc) is 3.07. The summed E-state index contributed by atoms with van der Waals surface area (Å²) < 4.78 is 11.2. The van der Waals surface area contributed by atoms with Crippen LogP contribution >= 0.6 is 11.8 Å². The van der Waals surface area contributed by atoms with Crippen LogP contribution in [0.4, 0.5) is 0 Å². The van der Waals surface area contributed by atoms with E-state index in [1.807, 2.05) is 25.1 Å². The second-order valence-corrected chi connectivity index (χ2v) is 7.48. The molecule has 0 aliphatic rings. The molecule has 0 saturated heterocycles. The second kappa shape index (κ2) is 9.56. The lowest BCUT2D eigenvalue weighted by molar-refractivity contribution is -0.127. The molecule has 0 aliphatic carbocycles. The molecule has 1 N–H and O–H groups in total. The first kappa shape index (κ1) is 19.4. The van der Waals surface area contributed by atoms with Crippen molar-refractivity contribution in [1.29, 1.82) is 0 Å². The van der Waals surface area contributed by atoms with Crippen molar-refractivity contribution in [3.8, 4) is 5.75 Å². The largest absolute Gasteiger partial charge is 0.481 e. The molecule has 1 aromatic heterocycles. The first-order chi connectivity index (χ1) is 12.0. The lowest BCUT2D eigenvalue weighted by Gasteiger charge is -2.19. The minimum absolute atomic E-state index is 0.0881. The van der Waals surface area contributed by atoms with Crippen molar-refractivity contribution >= 4 is 17.7 Å². The molecule has 2 aromatic rings. The Bertz CT molecular complexity index is 668. The number of hydrogen-bond donors (Lipinski definition) is 1. The Morgan fingerprint density at radius 2 is 2.08 bits per heavy atom. The zero-order chi connectivity index (χ0) is 18.2. The van der Waals surface area contributed by atoms with Crippen LogP contribution in [0.1, 0.15) is 43.6 Å². The van der Waals surface area contributed by atoms with Crippen LogP contribution in [-0.2, 0) is 10.5 Å². The predicted molar refractivity (Wildman–Crippen MR) is 103 cm³/mol. The van der Waals surface area contributed by atoms with Crippen LogP contribution in [0, 0.1) is 6.92 Å². The van der Waals surface area contributed by atoms with Crippen LogP contribution in [0.2, 0.25) is 0 Å². The van der Waals surface area contributed by atoms with Crippen LogP contribution < -0.4 is 10.1 Å². The highest BCUT2D eigenvalue weighted by Crippen LogP contribution is 2.28. The Labute approximate surface area is 154 Å². The van der Waals surface area contributed by atoms with Gasteiger partial charge in [-0.25, -0.2) is 0 Å². The maximum atomic E-state index is 12.2. The molecule has 1 amide bonds. The van der Waals surface area contributed by atoms with Crippen molar-refractivity contribution in [3.63, 3.8) is 0 Å². The summed E-state index contributed by atoms with van der Waals surface area (Å²) in [5.74, 6) is 3.66. The standard InChI is InChI=1S/C20H27NO3S/c1-14(2)18-8-7-15(3)12-19(18)24-16(4)20(22)21-9-11-25-13-17-6-5-10-23-17/h5-8,10,12,14,16H,9,11,13H2,1-4H3,(H,21,22)/t16-/m0/s1. The van der Waals surface area contributed by atoms with E-state index in [-0.39, 0.29) is 5.91 Å². The topological polar surface area (TPSA) is 51.5 Å². The van der Waals surface area contributed by atoms with Gasteiger partial charge in [0.15, 0.2) is 6.10 Å². The predicted octanol–water partition coefficient (Wildman–Crippen LogP) is 4.53. The summed E-state index contributed by atoms with van der Waals surface area (Å²) in [6.07, 6.45) is 1.15. The number of hydrogen-bond acceptors (Lipinski definition) is 4. The molecule has 0 unspecified atom stereocenters. The maximum absolute atomic E-state index is 12.2. The zero-order valence-electron chi connectivity index (χ0n) is 15.4. The number of carbonyl (C=O) groups is 1. The molecular weight excluding hydrogens is 334 g/mol. The summed E-state index contributed by atoms with van der Waals surface area (Å²) >= 11 is 1.73. The van der Waals surface area contributed by atoms with Crippen molar-refractivity contribution in [2.24, 2.45) is 0 Å². The van der Waals surface area contributed by atoms with Gasteiger partial charge in [-0.2, -0.15) is 11.8 Å². The molecule has 0 saturated carbocycles. The van der Waals surface area contributed by atoms with Gasteiger partial charge in [0.2, 0.25) is 0 Å². The van der Waals surface area contributed by atoms with Gasteiger partial charge >= 0.3 is 0 Å². The van der Waals surface area contributed by atoms with Gasteiger partial charge in [-0.1, -0.05) is 26.0 Å². The third-order valence-electron chi connectivity index (χ3n) is 3.83. The molecule has 1 heterocycles. The molecule has 0 spiro atoms. The summed E-state index contributed by atoms with van der Waals surface area (Å²) in [5, 5.41) is 2.93. The molecule has 0 fully saturated rings. The quantitative estimate of drug-likeness (QED) is 0.667. The number of amides is 1. The molecule has 2 rings (SSSR count). The van der Waals surface area contributed by atoms with Gasteiger partial charge in [-0.05, 0) is 49.1 Å². The summed E-state index contributed by atoms with van der Waals surface area (Å²) in [6, 6.07) is 9.98.